The molecule has 1 saturated heterocycles. The third-order valence-electron chi connectivity index (χ3n) is 14.3. The van der Waals surface area contributed by atoms with Crippen LogP contribution in [0.5, 0.6) is 0 Å². The van der Waals surface area contributed by atoms with Crippen LogP contribution in [0.15, 0.2) is 78.4 Å². The van der Waals surface area contributed by atoms with Crippen molar-refractivity contribution >= 4 is 71.0 Å². The Bertz CT molecular complexity index is 2820. The van der Waals surface area contributed by atoms with Crippen LogP contribution in [0.4, 0.5) is 0 Å². The molecular formula is C45H31NO2. The molecule has 0 amide bonds. The smallest absolute Gasteiger partial charge is 0.305 e. The van der Waals surface area contributed by atoms with Crippen LogP contribution >= 0.6 is 0 Å². The fraction of sp³-hybridized carbons (Fsp3) is 0.267. The van der Waals surface area contributed by atoms with E-state index in [2.05, 4.69) is 77.7 Å². The van der Waals surface area contributed by atoms with Gasteiger partial charge in [-0.25, -0.2) is 0 Å². The van der Waals surface area contributed by atoms with Gasteiger partial charge >= 0.3 is 5.97 Å². The number of hydrogen-bond acceptors (Lipinski definition) is 3. The Labute approximate surface area is 277 Å². The van der Waals surface area contributed by atoms with E-state index in [1.807, 2.05) is 0 Å². The maximum Gasteiger partial charge on any atom is 0.305 e. The lowest BCUT2D eigenvalue weighted by Gasteiger charge is -2.67. The molecular weight excluding hydrogens is 587 g/mol. The number of methoxy groups -OCH3 is 1. The molecule has 0 saturated carbocycles. The van der Waals surface area contributed by atoms with Gasteiger partial charge in [0.2, 0.25) is 0 Å². The van der Waals surface area contributed by atoms with Crippen LogP contribution in [-0.2, 0) is 27.8 Å². The summed E-state index contributed by atoms with van der Waals surface area (Å²) in [7, 11) is 1.51. The molecule has 1 heterocycles. The van der Waals surface area contributed by atoms with Crippen LogP contribution in [0, 0.1) is 0 Å². The highest BCUT2D eigenvalue weighted by Crippen LogP contribution is 2.75. The standard InChI is InChI=1S/C45H31NO2/c1-48-31(47)9-5-8-28(20-6-3-2-4-7-20)46-29-13-12-23-16-26-17-24-14-21-10-11-22-15-25-18-27-19-30(46)45(29)43(23)41-35(26)34(24)38-32(21)33(22)39-36(25)37(27)44(45)42(41)40(38)39/h2-4,6-7,10-15,19,26,28-30H,5,8-9,16-18H2,1H3. The van der Waals surface area contributed by atoms with E-state index >= 15 is 0 Å². The number of rotatable bonds is 6. The second-order valence-corrected chi connectivity index (χ2v) is 16.0. The van der Waals surface area contributed by atoms with Crippen molar-refractivity contribution in [2.75, 3.05) is 7.11 Å². The summed E-state index contributed by atoms with van der Waals surface area (Å²) < 4.78 is 5.07. The van der Waals surface area contributed by atoms with Crippen molar-refractivity contribution in [3.63, 3.8) is 0 Å². The van der Waals surface area contributed by atoms with E-state index < -0.39 is 0 Å². The molecule has 1 aliphatic heterocycles. The number of hydrogen-bond donors (Lipinski definition) is 0. The first kappa shape index (κ1) is 24.4. The van der Waals surface area contributed by atoms with Gasteiger partial charge in [-0.05, 0) is 148 Å². The Morgan fingerprint density at radius 1 is 0.875 bits per heavy atom. The molecule has 14 rings (SSSR count). The van der Waals surface area contributed by atoms with Gasteiger partial charge in [-0.1, -0.05) is 72.8 Å². The minimum atomic E-state index is -0.111. The number of likely N-dealkylation sites (tertiary alicyclic amines) is 1. The van der Waals surface area contributed by atoms with E-state index in [0.29, 0.717) is 18.4 Å². The topological polar surface area (TPSA) is 29.5 Å². The molecule has 3 heteroatoms. The van der Waals surface area contributed by atoms with Crippen LogP contribution in [0.2, 0.25) is 0 Å². The van der Waals surface area contributed by atoms with Crippen molar-refractivity contribution in [1.29, 1.82) is 0 Å². The number of carbonyl (C=O) groups excluding carboxylic acids is 1. The molecule has 5 unspecified atom stereocenters. The molecule has 3 nitrogen and oxygen atoms in total. The summed E-state index contributed by atoms with van der Waals surface area (Å²) in [4.78, 5) is 15.1. The van der Waals surface area contributed by atoms with Gasteiger partial charge in [0.25, 0.3) is 0 Å². The average molecular weight is 618 g/mol. The molecule has 7 aromatic rings. The molecule has 7 aliphatic rings. The quantitative estimate of drug-likeness (QED) is 0.138. The summed E-state index contributed by atoms with van der Waals surface area (Å²) in [6, 6.07) is 21.9. The molecule has 6 aliphatic carbocycles. The highest BCUT2D eigenvalue weighted by molar-refractivity contribution is 6.48. The molecule has 1 spiro atoms. The summed E-state index contributed by atoms with van der Waals surface area (Å²) in [5.74, 6) is 0.469. The van der Waals surface area contributed by atoms with Crippen molar-refractivity contribution in [3.8, 4) is 0 Å². The third kappa shape index (κ3) is 2.23. The van der Waals surface area contributed by atoms with Gasteiger partial charge in [0.15, 0.2) is 0 Å². The van der Waals surface area contributed by atoms with Gasteiger partial charge in [-0.3, -0.25) is 9.69 Å². The van der Waals surface area contributed by atoms with E-state index in [9.17, 15) is 4.79 Å². The first-order valence-corrected chi connectivity index (χ1v) is 18.0. The second-order valence-electron chi connectivity index (χ2n) is 16.0. The number of benzene rings is 6. The lowest BCUT2D eigenvalue weighted by Crippen LogP contribution is -2.74. The molecule has 0 bridgehead atoms. The number of nitrogens with zero attached hydrogens (tertiary/aromatic N) is 1. The fourth-order valence-corrected chi connectivity index (χ4v) is 13.1. The van der Waals surface area contributed by atoms with Crippen molar-refractivity contribution in [3.05, 3.63) is 117 Å². The fourth-order valence-electron chi connectivity index (χ4n) is 13.1. The van der Waals surface area contributed by atoms with Gasteiger partial charge < -0.3 is 4.74 Å². The summed E-state index contributed by atoms with van der Waals surface area (Å²) in [6.45, 7) is 0. The summed E-state index contributed by atoms with van der Waals surface area (Å²) >= 11 is 0. The Morgan fingerprint density at radius 3 is 2.50 bits per heavy atom. The van der Waals surface area contributed by atoms with E-state index in [0.717, 1.165) is 25.7 Å². The molecule has 0 N–H and O–H groups in total. The SMILES string of the molecule is COC(=O)CCCC(c1ccccc1)N1C2C=CC3=C4c5c6c7c(cc8ccc9cc%10c%11c%12c(c5c5c%11c9c8c75)C42C1C=C%12C%10)CC6C3. The number of allylic oxidation sites excluding steroid dienone is 3. The molecule has 7 aromatic carbocycles. The molecule has 0 aromatic heterocycles. The van der Waals surface area contributed by atoms with E-state index in [1.165, 1.54) is 40.8 Å². The van der Waals surface area contributed by atoms with Crippen molar-refractivity contribution < 1.29 is 9.53 Å². The van der Waals surface area contributed by atoms with Gasteiger partial charge in [0.05, 0.1) is 12.5 Å². The van der Waals surface area contributed by atoms with Gasteiger partial charge in [0, 0.05) is 24.5 Å². The average Bonchev–Trinajstić information content (AvgIpc) is 3.85. The van der Waals surface area contributed by atoms with Gasteiger partial charge in [-0.15, -0.1) is 0 Å². The van der Waals surface area contributed by atoms with Crippen LogP contribution in [0.25, 0.3) is 65.0 Å². The monoisotopic (exact) mass is 617 g/mol. The van der Waals surface area contributed by atoms with Crippen molar-refractivity contribution in [2.24, 2.45) is 0 Å². The van der Waals surface area contributed by atoms with E-state index in [1.54, 1.807) is 82.2 Å². The summed E-state index contributed by atoms with van der Waals surface area (Å²) in [6.07, 6.45) is 13.5. The normalized spacial score (nSPS) is 27.0. The van der Waals surface area contributed by atoms with Crippen LogP contribution in [-0.4, -0.2) is 30.1 Å². The van der Waals surface area contributed by atoms with Crippen molar-refractivity contribution in [1.82, 2.24) is 4.90 Å². The first-order chi connectivity index (χ1) is 23.7. The van der Waals surface area contributed by atoms with E-state index in [-0.39, 0.29) is 23.5 Å². The maximum atomic E-state index is 12.3. The Morgan fingerprint density at radius 2 is 1.67 bits per heavy atom. The number of ether oxygens (including phenoxy) is 1. The first-order valence-electron chi connectivity index (χ1n) is 18.0. The highest BCUT2D eigenvalue weighted by atomic mass is 16.5. The third-order valence-corrected chi connectivity index (χ3v) is 14.3. The summed E-state index contributed by atoms with van der Waals surface area (Å²) in [5.41, 5.74) is 16.0. The van der Waals surface area contributed by atoms with Gasteiger partial charge in [-0.2, -0.15) is 0 Å². The lowest BCUT2D eigenvalue weighted by atomic mass is 9.51. The number of esters is 1. The van der Waals surface area contributed by atoms with Gasteiger partial charge in [0.1, 0.15) is 0 Å². The zero-order valence-corrected chi connectivity index (χ0v) is 26.7. The largest absolute Gasteiger partial charge is 0.469 e. The van der Waals surface area contributed by atoms with Crippen LogP contribution < -0.4 is 0 Å². The van der Waals surface area contributed by atoms with Crippen molar-refractivity contribution in [2.45, 2.75) is 68.0 Å². The zero-order valence-electron chi connectivity index (χ0n) is 26.7. The predicted molar refractivity (Wildman–Crippen MR) is 192 cm³/mol. The molecule has 48 heavy (non-hydrogen) atoms. The molecule has 1 fully saturated rings. The zero-order chi connectivity index (χ0) is 30.9. The van der Waals surface area contributed by atoms with Crippen LogP contribution in [0.3, 0.4) is 0 Å². The number of carbonyl (C=O) groups is 1. The minimum Gasteiger partial charge on any atom is -0.469 e. The predicted octanol–water partition coefficient (Wildman–Crippen LogP) is 9.47. The Hall–Kier alpha value is -4.73. The summed E-state index contributed by atoms with van der Waals surface area (Å²) in [5, 5.41) is 15.6. The van der Waals surface area contributed by atoms with E-state index in [4.69, 9.17) is 4.74 Å². The highest BCUT2D eigenvalue weighted by Gasteiger charge is 2.70. The minimum absolute atomic E-state index is 0.0408. The maximum absolute atomic E-state index is 12.3. The Kier molecular flexibility index (Phi) is 3.79. The lowest BCUT2D eigenvalue weighted by molar-refractivity contribution is -0.140. The molecule has 228 valence electrons. The molecule has 5 atom stereocenters. The molecule has 0 radical (unpaired) electrons. The second kappa shape index (κ2) is 7.46. The Balaban J connectivity index is 1.11. The van der Waals surface area contributed by atoms with Crippen LogP contribution in [0.1, 0.15) is 76.6 Å².